The second-order valence-corrected chi connectivity index (χ2v) is 6.07. The predicted octanol–water partition coefficient (Wildman–Crippen LogP) is 2.46. The third kappa shape index (κ3) is 1.82. The van der Waals surface area contributed by atoms with Crippen molar-refractivity contribution < 1.29 is 14.7 Å². The topological polar surface area (TPSA) is 57.6 Å². The van der Waals surface area contributed by atoms with Gasteiger partial charge in [-0.15, -0.1) is 0 Å². The third-order valence-corrected chi connectivity index (χ3v) is 5.05. The number of carbonyl (C=O) groups is 2. The van der Waals surface area contributed by atoms with Gasteiger partial charge < -0.3 is 10.0 Å². The first-order valence-corrected chi connectivity index (χ1v) is 7.09. The highest BCUT2D eigenvalue weighted by Crippen LogP contribution is 2.57. The van der Waals surface area contributed by atoms with Crippen molar-refractivity contribution in [2.75, 3.05) is 7.05 Å². The molecule has 20 heavy (non-hydrogen) atoms. The summed E-state index contributed by atoms with van der Waals surface area (Å²) >= 11 is 0. The lowest BCUT2D eigenvalue weighted by Crippen LogP contribution is -2.56. The fourth-order valence-corrected chi connectivity index (χ4v) is 3.83. The Balaban J connectivity index is 2.06. The maximum atomic E-state index is 12.3. The molecule has 1 heterocycles. The van der Waals surface area contributed by atoms with Crippen molar-refractivity contribution in [1.82, 2.24) is 4.90 Å². The minimum absolute atomic E-state index is 0.0658. The van der Waals surface area contributed by atoms with Gasteiger partial charge in [-0.25, -0.2) is 0 Å². The highest BCUT2D eigenvalue weighted by molar-refractivity contribution is 5.83. The quantitative estimate of drug-likeness (QED) is 0.900. The third-order valence-electron chi connectivity index (χ3n) is 5.05. The second kappa shape index (κ2) is 4.62. The molecular weight excluding hydrogens is 254 g/mol. The van der Waals surface area contributed by atoms with Crippen LogP contribution in [0.15, 0.2) is 30.3 Å². The van der Waals surface area contributed by atoms with E-state index in [2.05, 4.69) is 0 Å². The minimum Gasteiger partial charge on any atom is -0.481 e. The van der Waals surface area contributed by atoms with Crippen LogP contribution in [0.4, 0.5) is 0 Å². The monoisotopic (exact) mass is 273 g/mol. The molecule has 1 aliphatic carbocycles. The van der Waals surface area contributed by atoms with Gasteiger partial charge in [-0.2, -0.15) is 0 Å². The molecule has 1 aliphatic heterocycles. The van der Waals surface area contributed by atoms with E-state index in [1.807, 2.05) is 30.3 Å². The fraction of sp³-hybridized carbons (Fsp3) is 0.500. The van der Waals surface area contributed by atoms with Crippen molar-refractivity contribution in [3.8, 4) is 0 Å². The van der Waals surface area contributed by atoms with Crippen LogP contribution in [0.25, 0.3) is 0 Å². The van der Waals surface area contributed by atoms with E-state index in [1.54, 1.807) is 11.9 Å². The van der Waals surface area contributed by atoms with Gasteiger partial charge in [0.05, 0.1) is 12.0 Å². The molecule has 1 saturated heterocycles. The van der Waals surface area contributed by atoms with Gasteiger partial charge in [0.15, 0.2) is 0 Å². The first-order valence-electron chi connectivity index (χ1n) is 7.09. The Bertz CT molecular complexity index is 536. The van der Waals surface area contributed by atoms with E-state index in [4.69, 9.17) is 0 Å². The summed E-state index contributed by atoms with van der Waals surface area (Å²) in [5, 5.41) is 9.74. The maximum absolute atomic E-state index is 12.3. The van der Waals surface area contributed by atoms with Crippen molar-refractivity contribution >= 4 is 11.9 Å². The SMILES string of the molecule is CN1C(=O)CC2(CCC2)C(C(=O)O)C1c1ccccc1. The highest BCUT2D eigenvalue weighted by atomic mass is 16.4. The zero-order valence-electron chi connectivity index (χ0n) is 11.6. The van der Waals surface area contributed by atoms with Gasteiger partial charge in [-0.1, -0.05) is 36.8 Å². The molecule has 1 amide bonds. The van der Waals surface area contributed by atoms with Crippen LogP contribution in [0.1, 0.15) is 37.3 Å². The second-order valence-electron chi connectivity index (χ2n) is 6.07. The molecule has 106 valence electrons. The van der Waals surface area contributed by atoms with Crippen LogP contribution in [0, 0.1) is 11.3 Å². The number of carbonyl (C=O) groups excluding carboxylic acids is 1. The molecule has 1 N–H and O–H groups in total. The summed E-state index contributed by atoms with van der Waals surface area (Å²) in [6, 6.07) is 9.19. The fourth-order valence-electron chi connectivity index (χ4n) is 3.83. The lowest BCUT2D eigenvalue weighted by Gasteiger charge is -2.54. The molecule has 1 saturated carbocycles. The minimum atomic E-state index is -0.780. The molecule has 2 atom stereocenters. The summed E-state index contributed by atoms with van der Waals surface area (Å²) in [7, 11) is 1.72. The molecule has 2 fully saturated rings. The van der Waals surface area contributed by atoms with Crippen molar-refractivity contribution in [2.24, 2.45) is 11.3 Å². The number of likely N-dealkylation sites (tertiary alicyclic amines) is 1. The van der Waals surface area contributed by atoms with E-state index in [-0.39, 0.29) is 17.4 Å². The summed E-state index contributed by atoms with van der Waals surface area (Å²) in [6.07, 6.45) is 3.12. The van der Waals surface area contributed by atoms with Gasteiger partial charge in [-0.05, 0) is 23.8 Å². The van der Waals surface area contributed by atoms with Crippen molar-refractivity contribution in [3.05, 3.63) is 35.9 Å². The molecule has 1 aromatic rings. The lowest BCUT2D eigenvalue weighted by atomic mass is 9.54. The Kier molecular flexibility index (Phi) is 3.04. The zero-order valence-corrected chi connectivity index (χ0v) is 11.6. The Hall–Kier alpha value is -1.84. The predicted molar refractivity (Wildman–Crippen MR) is 74.0 cm³/mol. The number of carboxylic acid groups (broad SMARTS) is 1. The number of benzene rings is 1. The lowest BCUT2D eigenvalue weighted by molar-refractivity contribution is -0.169. The number of rotatable bonds is 2. The van der Waals surface area contributed by atoms with Crippen LogP contribution in [0.2, 0.25) is 0 Å². The van der Waals surface area contributed by atoms with Crippen LogP contribution in [-0.4, -0.2) is 28.9 Å². The van der Waals surface area contributed by atoms with Crippen LogP contribution in [0.3, 0.4) is 0 Å². The van der Waals surface area contributed by atoms with Crippen molar-refractivity contribution in [2.45, 2.75) is 31.7 Å². The smallest absolute Gasteiger partial charge is 0.309 e. The molecule has 4 heteroatoms. The van der Waals surface area contributed by atoms with Crippen LogP contribution in [0.5, 0.6) is 0 Å². The van der Waals surface area contributed by atoms with E-state index in [0.29, 0.717) is 6.42 Å². The van der Waals surface area contributed by atoms with Crippen LogP contribution in [-0.2, 0) is 9.59 Å². The zero-order chi connectivity index (χ0) is 14.3. The van der Waals surface area contributed by atoms with Gasteiger partial charge in [0, 0.05) is 13.5 Å². The van der Waals surface area contributed by atoms with Crippen molar-refractivity contribution in [1.29, 1.82) is 0 Å². The van der Waals surface area contributed by atoms with Gasteiger partial charge in [-0.3, -0.25) is 9.59 Å². The molecule has 0 aromatic heterocycles. The number of nitrogens with zero attached hydrogens (tertiary/aromatic N) is 1. The van der Waals surface area contributed by atoms with Crippen LogP contribution >= 0.6 is 0 Å². The summed E-state index contributed by atoms with van der Waals surface area (Å²) in [4.78, 5) is 25.8. The highest BCUT2D eigenvalue weighted by Gasteiger charge is 2.57. The van der Waals surface area contributed by atoms with E-state index >= 15 is 0 Å². The van der Waals surface area contributed by atoms with E-state index in [9.17, 15) is 14.7 Å². The first-order chi connectivity index (χ1) is 9.55. The molecule has 1 spiro atoms. The standard InChI is InChI=1S/C16H19NO3/c1-17-12(18)10-16(8-5-9-16)13(15(19)20)14(17)11-6-3-2-4-7-11/h2-4,6-7,13-14H,5,8-10H2,1H3,(H,19,20). The van der Waals surface area contributed by atoms with E-state index < -0.39 is 11.9 Å². The van der Waals surface area contributed by atoms with Gasteiger partial charge in [0.1, 0.15) is 0 Å². The van der Waals surface area contributed by atoms with Gasteiger partial charge in [0.25, 0.3) is 0 Å². The number of hydrogen-bond acceptors (Lipinski definition) is 2. The number of carboxylic acids is 1. The Morgan fingerprint density at radius 1 is 1.30 bits per heavy atom. The molecular formula is C16H19NO3. The average molecular weight is 273 g/mol. The maximum Gasteiger partial charge on any atom is 0.309 e. The van der Waals surface area contributed by atoms with Gasteiger partial charge in [0.2, 0.25) is 5.91 Å². The van der Waals surface area contributed by atoms with E-state index in [1.165, 1.54) is 0 Å². The Labute approximate surface area is 118 Å². The summed E-state index contributed by atoms with van der Waals surface area (Å²) in [5.74, 6) is -1.21. The Morgan fingerprint density at radius 2 is 1.95 bits per heavy atom. The first kappa shape index (κ1) is 13.2. The number of piperidine rings is 1. The Morgan fingerprint density at radius 3 is 2.45 bits per heavy atom. The van der Waals surface area contributed by atoms with E-state index in [0.717, 1.165) is 24.8 Å². The van der Waals surface area contributed by atoms with Gasteiger partial charge >= 0.3 is 5.97 Å². The largest absolute Gasteiger partial charge is 0.481 e. The number of aliphatic carboxylic acids is 1. The summed E-state index contributed by atoms with van der Waals surface area (Å²) < 4.78 is 0. The molecule has 0 bridgehead atoms. The molecule has 1 aromatic carbocycles. The summed E-state index contributed by atoms with van der Waals surface area (Å²) in [6.45, 7) is 0. The van der Waals surface area contributed by atoms with Crippen molar-refractivity contribution in [3.63, 3.8) is 0 Å². The number of amides is 1. The molecule has 0 radical (unpaired) electrons. The normalized spacial score (nSPS) is 28.2. The summed E-state index contributed by atoms with van der Waals surface area (Å²) in [5.41, 5.74) is 0.595. The van der Waals surface area contributed by atoms with Crippen LogP contribution < -0.4 is 0 Å². The number of hydrogen-bond donors (Lipinski definition) is 1. The molecule has 2 aliphatic rings. The molecule has 3 rings (SSSR count). The molecule has 4 nitrogen and oxygen atoms in total. The average Bonchev–Trinajstić information content (AvgIpc) is 2.40. The molecule has 2 unspecified atom stereocenters.